The highest BCUT2D eigenvalue weighted by atomic mass is 19.4. The zero-order valence-electron chi connectivity index (χ0n) is 28.2. The third kappa shape index (κ3) is 8.47. The van der Waals surface area contributed by atoms with Crippen LogP contribution in [-0.2, 0) is 19.5 Å². The predicted octanol–water partition coefficient (Wildman–Crippen LogP) is 5.38. The van der Waals surface area contributed by atoms with Gasteiger partial charge in [-0.25, -0.2) is 9.97 Å². The standard InChI is InChI=1S/C32H36F3N7O5.C2H3N/c1-44-26-13-22(14-27(45-2)29(26)46-3)41-17-28(36-19-41)38-31-37-25-16-40(15-20-6-4-8-23(12-20)47-32(33,34)35)11-9-24(25)30(39-31)42-10-5-7-21(42)18-43;1-2-3/h4,6,8,12-14,17,19,21,43H,5,7,9-11,15-16,18H2,1-3H3,(H,37,38,39);1H3/t21-;/m0./s1. The fourth-order valence-corrected chi connectivity index (χ4v) is 6.16. The van der Waals surface area contributed by atoms with E-state index in [9.17, 15) is 18.3 Å². The van der Waals surface area contributed by atoms with Crippen LogP contribution in [0.1, 0.15) is 36.6 Å². The highest BCUT2D eigenvalue weighted by Crippen LogP contribution is 2.39. The molecule has 50 heavy (non-hydrogen) atoms. The van der Waals surface area contributed by atoms with E-state index < -0.39 is 6.36 Å². The number of halogens is 3. The Balaban J connectivity index is 0.00000156. The van der Waals surface area contributed by atoms with Crippen LogP contribution in [0.5, 0.6) is 23.0 Å². The number of hydrogen-bond acceptors (Lipinski definition) is 12. The third-order valence-electron chi connectivity index (χ3n) is 8.29. The molecule has 1 fully saturated rings. The molecule has 2 aliphatic rings. The lowest BCUT2D eigenvalue weighted by Crippen LogP contribution is -2.37. The SMILES string of the molecule is CC#N.COc1cc(-n2cnc(Nc3nc4c(c(N5CCC[C@H]5CO)n3)CCN(Cc3cccc(OC(F)(F)F)c3)C4)c2)cc(OC)c1OC. The van der Waals surface area contributed by atoms with Crippen molar-refractivity contribution in [1.29, 1.82) is 5.26 Å². The average molecular weight is 697 g/mol. The molecule has 6 rings (SSSR count). The second-order valence-electron chi connectivity index (χ2n) is 11.5. The molecule has 1 saturated heterocycles. The Morgan fingerprint density at radius 2 is 1.80 bits per heavy atom. The molecule has 16 heteroatoms. The molecule has 1 atom stereocenters. The van der Waals surface area contributed by atoms with Gasteiger partial charge in [0.05, 0.1) is 57.6 Å². The number of rotatable bonds is 11. The van der Waals surface area contributed by atoms with Crippen molar-refractivity contribution >= 4 is 17.6 Å². The van der Waals surface area contributed by atoms with Gasteiger partial charge in [0.1, 0.15) is 17.9 Å². The fourth-order valence-electron chi connectivity index (χ4n) is 6.16. The van der Waals surface area contributed by atoms with Gasteiger partial charge in [-0.1, -0.05) is 12.1 Å². The Labute approximate surface area is 287 Å². The highest BCUT2D eigenvalue weighted by Gasteiger charge is 2.32. The zero-order chi connectivity index (χ0) is 35.8. The molecular weight excluding hydrogens is 657 g/mol. The Hall–Kier alpha value is -5.27. The molecule has 2 aromatic heterocycles. The van der Waals surface area contributed by atoms with Crippen LogP contribution in [0.15, 0.2) is 48.9 Å². The van der Waals surface area contributed by atoms with E-state index >= 15 is 0 Å². The molecule has 4 aromatic rings. The lowest BCUT2D eigenvalue weighted by Gasteiger charge is -2.33. The summed E-state index contributed by atoms with van der Waals surface area (Å²) in [5, 5.41) is 20.7. The van der Waals surface area contributed by atoms with Crippen LogP contribution in [0.25, 0.3) is 5.69 Å². The minimum atomic E-state index is -4.76. The first kappa shape index (κ1) is 36.0. The topological polar surface area (TPSA) is 143 Å². The molecule has 0 radical (unpaired) electrons. The quantitative estimate of drug-likeness (QED) is 0.208. The van der Waals surface area contributed by atoms with Crippen molar-refractivity contribution in [2.45, 2.75) is 51.7 Å². The molecule has 0 saturated carbocycles. The summed E-state index contributed by atoms with van der Waals surface area (Å²) >= 11 is 0. The summed E-state index contributed by atoms with van der Waals surface area (Å²) in [4.78, 5) is 18.6. The minimum Gasteiger partial charge on any atom is -0.493 e. The van der Waals surface area contributed by atoms with Gasteiger partial charge in [-0.2, -0.15) is 10.2 Å². The van der Waals surface area contributed by atoms with Crippen LogP contribution in [0.2, 0.25) is 0 Å². The minimum absolute atomic E-state index is 0.0171. The van der Waals surface area contributed by atoms with Gasteiger partial charge >= 0.3 is 6.36 Å². The first-order valence-corrected chi connectivity index (χ1v) is 15.9. The molecule has 0 unspecified atom stereocenters. The molecule has 2 N–H and O–H groups in total. The molecule has 13 nitrogen and oxygen atoms in total. The second-order valence-corrected chi connectivity index (χ2v) is 11.5. The second kappa shape index (κ2) is 16.0. The van der Waals surface area contributed by atoms with Gasteiger partial charge in [0.25, 0.3) is 0 Å². The monoisotopic (exact) mass is 696 g/mol. The van der Waals surface area contributed by atoms with E-state index in [1.165, 1.54) is 19.1 Å². The number of alkyl halides is 3. The molecule has 0 spiro atoms. The average Bonchev–Trinajstić information content (AvgIpc) is 3.77. The third-order valence-corrected chi connectivity index (χ3v) is 8.29. The first-order chi connectivity index (χ1) is 24.1. The Morgan fingerprint density at radius 3 is 2.46 bits per heavy atom. The van der Waals surface area contributed by atoms with Crippen LogP contribution < -0.4 is 29.2 Å². The Bertz CT molecular complexity index is 1790. The van der Waals surface area contributed by atoms with E-state index in [-0.39, 0.29) is 18.4 Å². The molecule has 0 aliphatic carbocycles. The number of nitriles is 1. The summed E-state index contributed by atoms with van der Waals surface area (Å²) < 4.78 is 60.7. The summed E-state index contributed by atoms with van der Waals surface area (Å²) in [6.45, 7) is 3.75. The van der Waals surface area contributed by atoms with Crippen LogP contribution in [0, 0.1) is 11.3 Å². The smallest absolute Gasteiger partial charge is 0.493 e. The van der Waals surface area contributed by atoms with Crippen molar-refractivity contribution in [3.8, 4) is 34.8 Å². The molecule has 4 heterocycles. The highest BCUT2D eigenvalue weighted by molar-refractivity contribution is 5.60. The first-order valence-electron chi connectivity index (χ1n) is 15.9. The van der Waals surface area contributed by atoms with E-state index in [0.717, 1.165) is 42.1 Å². The summed E-state index contributed by atoms with van der Waals surface area (Å²) in [6, 6.07) is 11.3. The molecule has 2 aromatic carbocycles. The van der Waals surface area contributed by atoms with E-state index in [2.05, 4.69) is 24.8 Å². The number of nitrogens with one attached hydrogen (secondary N) is 1. The number of hydrogen-bond donors (Lipinski definition) is 2. The van der Waals surface area contributed by atoms with Gasteiger partial charge in [-0.05, 0) is 37.0 Å². The molecular formula is C34H39F3N8O5. The van der Waals surface area contributed by atoms with E-state index in [1.54, 1.807) is 56.6 Å². The van der Waals surface area contributed by atoms with E-state index in [4.69, 9.17) is 29.4 Å². The molecule has 266 valence electrons. The fraction of sp³-hybridized carbons (Fsp3) is 0.412. The summed E-state index contributed by atoms with van der Waals surface area (Å²) in [5.41, 5.74) is 3.23. The largest absolute Gasteiger partial charge is 0.573 e. The van der Waals surface area contributed by atoms with Crippen molar-refractivity contribution in [2.24, 2.45) is 0 Å². The van der Waals surface area contributed by atoms with Crippen LogP contribution in [0.3, 0.4) is 0 Å². The number of anilines is 3. The number of aromatic nitrogens is 4. The van der Waals surface area contributed by atoms with Gasteiger partial charge < -0.3 is 38.8 Å². The number of nitrogens with zero attached hydrogens (tertiary/aromatic N) is 7. The maximum Gasteiger partial charge on any atom is 0.573 e. The van der Waals surface area contributed by atoms with Crippen LogP contribution >= 0.6 is 0 Å². The Kier molecular flexibility index (Phi) is 11.5. The number of fused-ring (bicyclic) bond motifs is 1. The van der Waals surface area contributed by atoms with Crippen LogP contribution in [0.4, 0.5) is 30.8 Å². The van der Waals surface area contributed by atoms with E-state index in [0.29, 0.717) is 60.6 Å². The number of aliphatic hydroxyl groups is 1. The van der Waals surface area contributed by atoms with Crippen molar-refractivity contribution in [3.63, 3.8) is 0 Å². The lowest BCUT2D eigenvalue weighted by atomic mass is 10.0. The summed E-state index contributed by atoms with van der Waals surface area (Å²) in [5.74, 6) is 2.85. The van der Waals surface area contributed by atoms with Crippen molar-refractivity contribution in [1.82, 2.24) is 24.4 Å². The maximum absolute atomic E-state index is 12.8. The Morgan fingerprint density at radius 1 is 1.06 bits per heavy atom. The lowest BCUT2D eigenvalue weighted by molar-refractivity contribution is -0.274. The number of aliphatic hydroxyl groups excluding tert-OH is 1. The van der Waals surface area contributed by atoms with Gasteiger partial charge in [0, 0.05) is 50.8 Å². The predicted molar refractivity (Wildman–Crippen MR) is 178 cm³/mol. The van der Waals surface area contributed by atoms with Gasteiger partial charge in [-0.3, -0.25) is 4.90 Å². The van der Waals surface area contributed by atoms with E-state index in [1.807, 2.05) is 12.1 Å². The number of ether oxygens (including phenoxy) is 4. The maximum atomic E-state index is 12.8. The van der Waals surface area contributed by atoms with Gasteiger partial charge in [-0.15, -0.1) is 13.2 Å². The summed E-state index contributed by atoms with van der Waals surface area (Å²) in [7, 11) is 4.64. The van der Waals surface area contributed by atoms with Crippen LogP contribution in [-0.4, -0.2) is 83.0 Å². The van der Waals surface area contributed by atoms with Crippen molar-refractivity contribution in [3.05, 3.63) is 65.7 Å². The van der Waals surface area contributed by atoms with Crippen molar-refractivity contribution < 1.29 is 37.2 Å². The summed E-state index contributed by atoms with van der Waals surface area (Å²) in [6.07, 6.45) is 1.12. The number of imidazole rings is 1. The van der Waals surface area contributed by atoms with Crippen molar-refractivity contribution in [2.75, 3.05) is 51.2 Å². The number of benzene rings is 2. The van der Waals surface area contributed by atoms with Gasteiger partial charge in [0.2, 0.25) is 11.7 Å². The van der Waals surface area contributed by atoms with Gasteiger partial charge in [0.15, 0.2) is 17.3 Å². The normalized spacial score (nSPS) is 15.7. The number of methoxy groups -OCH3 is 3. The molecule has 0 amide bonds. The molecule has 0 bridgehead atoms. The molecule has 2 aliphatic heterocycles. The zero-order valence-corrected chi connectivity index (χ0v) is 28.2.